The van der Waals surface area contributed by atoms with Crippen LogP contribution >= 0.6 is 11.6 Å². The lowest BCUT2D eigenvalue weighted by molar-refractivity contribution is -0.128. The average Bonchev–Trinajstić information content (AvgIpc) is 3.27. The number of piperidine rings is 1. The van der Waals surface area contributed by atoms with Crippen LogP contribution in [0, 0.1) is 0 Å². The Morgan fingerprint density at radius 3 is 2.43 bits per heavy atom. The highest BCUT2D eigenvalue weighted by molar-refractivity contribution is 6.30. The van der Waals surface area contributed by atoms with Crippen molar-refractivity contribution in [2.75, 3.05) is 54.0 Å². The zero-order chi connectivity index (χ0) is 26.6. The Labute approximate surface area is 222 Å². The number of nitrogens with zero attached hydrogens (tertiary/aromatic N) is 3. The van der Waals surface area contributed by atoms with Gasteiger partial charge in [-0.05, 0) is 56.6 Å². The second-order valence-corrected chi connectivity index (χ2v) is 10.0. The number of nitrogens with one attached hydrogen (secondary N) is 1. The molecule has 0 aliphatic carbocycles. The van der Waals surface area contributed by atoms with E-state index in [2.05, 4.69) is 5.32 Å². The molecular formula is C27H33ClN4O5. The zero-order valence-corrected chi connectivity index (χ0v) is 22.2. The molecule has 2 fully saturated rings. The van der Waals surface area contributed by atoms with E-state index < -0.39 is 11.8 Å². The topological polar surface area (TPSA) is 91.4 Å². The molecule has 2 saturated heterocycles. The first kappa shape index (κ1) is 26.9. The van der Waals surface area contributed by atoms with E-state index in [0.29, 0.717) is 60.9 Å². The van der Waals surface area contributed by atoms with Gasteiger partial charge in [-0.15, -0.1) is 0 Å². The predicted molar refractivity (Wildman–Crippen MR) is 140 cm³/mol. The summed E-state index contributed by atoms with van der Waals surface area (Å²) in [4.78, 5) is 45.4. The third-order valence-electron chi connectivity index (χ3n) is 6.88. The highest BCUT2D eigenvalue weighted by Crippen LogP contribution is 2.39. The highest BCUT2D eigenvalue weighted by atomic mass is 35.5. The van der Waals surface area contributed by atoms with E-state index in [-0.39, 0.29) is 24.3 Å². The van der Waals surface area contributed by atoms with E-state index in [1.54, 1.807) is 65.4 Å². The van der Waals surface area contributed by atoms with Gasteiger partial charge in [0.1, 0.15) is 17.5 Å². The monoisotopic (exact) mass is 528 g/mol. The molecule has 2 aromatic carbocycles. The molecule has 0 bridgehead atoms. The van der Waals surface area contributed by atoms with E-state index in [9.17, 15) is 14.4 Å². The molecule has 2 aromatic rings. The van der Waals surface area contributed by atoms with Gasteiger partial charge in [0.2, 0.25) is 5.91 Å². The predicted octanol–water partition coefficient (Wildman–Crippen LogP) is 2.50. The summed E-state index contributed by atoms with van der Waals surface area (Å²) < 4.78 is 11.6. The summed E-state index contributed by atoms with van der Waals surface area (Å²) in [6.45, 7) is 2.00. The lowest BCUT2D eigenvalue weighted by atomic mass is 9.96. The number of halogens is 1. The summed E-state index contributed by atoms with van der Waals surface area (Å²) in [5.41, 5.74) is -0.0225. The second kappa shape index (κ2) is 11.5. The van der Waals surface area contributed by atoms with Gasteiger partial charge in [-0.3, -0.25) is 19.3 Å². The molecule has 2 heterocycles. The molecule has 1 N–H and O–H groups in total. The van der Waals surface area contributed by atoms with Crippen molar-refractivity contribution < 1.29 is 23.9 Å². The van der Waals surface area contributed by atoms with E-state index in [4.69, 9.17) is 21.1 Å². The van der Waals surface area contributed by atoms with Gasteiger partial charge >= 0.3 is 0 Å². The van der Waals surface area contributed by atoms with E-state index >= 15 is 0 Å². The minimum absolute atomic E-state index is 0.0919. The quantitative estimate of drug-likeness (QED) is 0.594. The fourth-order valence-corrected chi connectivity index (χ4v) is 4.94. The first-order chi connectivity index (χ1) is 17.7. The van der Waals surface area contributed by atoms with Crippen LogP contribution in [-0.4, -0.2) is 98.2 Å². The molecule has 3 amide bonds. The SMILES string of the molecule is COc1cccc(C(=O)N2[C@@H](C(=O)NCCN(C)C)COC23CCN(C(=O)c2ccc(Cl)cc2)CC3)c1. The van der Waals surface area contributed by atoms with Gasteiger partial charge in [-0.25, -0.2) is 0 Å². The fraction of sp³-hybridized carbons (Fsp3) is 0.444. The van der Waals surface area contributed by atoms with Crippen molar-refractivity contribution in [3.05, 3.63) is 64.7 Å². The Bertz CT molecular complexity index is 1130. The number of hydrogen-bond acceptors (Lipinski definition) is 6. The maximum atomic E-state index is 13.9. The second-order valence-electron chi connectivity index (χ2n) is 9.57. The number of carbonyl (C=O) groups is 3. The number of ether oxygens (including phenoxy) is 2. The summed E-state index contributed by atoms with van der Waals surface area (Å²) in [5.74, 6) is -0.111. The molecule has 2 aliphatic heterocycles. The normalized spacial score (nSPS) is 18.8. The van der Waals surface area contributed by atoms with Gasteiger partial charge in [0, 0.05) is 55.2 Å². The summed E-state index contributed by atoms with van der Waals surface area (Å²) in [5, 5.41) is 3.50. The molecule has 1 spiro atoms. The van der Waals surface area contributed by atoms with Gasteiger partial charge in [0.15, 0.2) is 0 Å². The number of likely N-dealkylation sites (N-methyl/N-ethyl adjacent to an activating group) is 1. The number of carbonyl (C=O) groups excluding carboxylic acids is 3. The number of methoxy groups -OCH3 is 1. The standard InChI is InChI=1S/C27H33ClN4O5/c1-30(2)16-13-29-24(33)23-18-37-27(32(23)26(35)20-5-4-6-22(17-20)36-3)11-14-31(15-12-27)25(34)19-7-9-21(28)10-8-19/h4-10,17,23H,11-16,18H2,1-3H3,(H,29,33)/t23-/m1/s1. The van der Waals surface area contributed by atoms with Crippen molar-refractivity contribution in [1.82, 2.24) is 20.0 Å². The zero-order valence-electron chi connectivity index (χ0n) is 21.4. The number of rotatable bonds is 7. The van der Waals surface area contributed by atoms with Crippen molar-refractivity contribution in [3.63, 3.8) is 0 Å². The molecule has 1 atom stereocenters. The van der Waals surface area contributed by atoms with Crippen LogP contribution < -0.4 is 10.1 Å². The van der Waals surface area contributed by atoms with Gasteiger partial charge in [0.05, 0.1) is 13.7 Å². The largest absolute Gasteiger partial charge is 0.497 e. The number of likely N-dealkylation sites (tertiary alicyclic amines) is 1. The Morgan fingerprint density at radius 2 is 1.78 bits per heavy atom. The molecule has 9 nitrogen and oxygen atoms in total. The van der Waals surface area contributed by atoms with Crippen molar-refractivity contribution in [1.29, 1.82) is 0 Å². The molecule has 2 aliphatic rings. The number of amides is 3. The number of benzene rings is 2. The Hall–Kier alpha value is -3.14. The maximum Gasteiger partial charge on any atom is 0.257 e. The summed E-state index contributed by atoms with van der Waals surface area (Å²) >= 11 is 5.96. The van der Waals surface area contributed by atoms with Gasteiger partial charge in [-0.2, -0.15) is 0 Å². The van der Waals surface area contributed by atoms with Gasteiger partial charge in [-0.1, -0.05) is 17.7 Å². The lowest BCUT2D eigenvalue weighted by Crippen LogP contribution is -2.60. The van der Waals surface area contributed by atoms with E-state index in [0.717, 1.165) is 0 Å². The summed E-state index contributed by atoms with van der Waals surface area (Å²) in [6, 6.07) is 12.9. The fourth-order valence-electron chi connectivity index (χ4n) is 4.82. The minimum atomic E-state index is -0.986. The number of hydrogen-bond donors (Lipinski definition) is 1. The molecule has 10 heteroatoms. The highest BCUT2D eigenvalue weighted by Gasteiger charge is 2.54. The molecule has 0 unspecified atom stereocenters. The molecular weight excluding hydrogens is 496 g/mol. The van der Waals surface area contributed by atoms with Crippen molar-refractivity contribution in [2.24, 2.45) is 0 Å². The van der Waals surface area contributed by atoms with Crippen molar-refractivity contribution in [2.45, 2.75) is 24.6 Å². The van der Waals surface area contributed by atoms with Crippen LogP contribution in [0.25, 0.3) is 0 Å². The van der Waals surface area contributed by atoms with Crippen molar-refractivity contribution >= 4 is 29.3 Å². The molecule has 4 rings (SSSR count). The first-order valence-electron chi connectivity index (χ1n) is 12.3. The van der Waals surface area contributed by atoms with Gasteiger partial charge in [0.25, 0.3) is 11.8 Å². The Balaban J connectivity index is 1.55. The van der Waals surface area contributed by atoms with Gasteiger partial charge < -0.3 is 24.6 Å². The van der Waals surface area contributed by atoms with E-state index in [1.165, 1.54) is 0 Å². The molecule has 0 saturated carbocycles. The van der Waals surface area contributed by atoms with Crippen LogP contribution in [0.3, 0.4) is 0 Å². The lowest BCUT2D eigenvalue weighted by Gasteiger charge is -2.44. The van der Waals surface area contributed by atoms with Crippen LogP contribution in [0.1, 0.15) is 33.6 Å². The Morgan fingerprint density at radius 1 is 1.08 bits per heavy atom. The third-order valence-corrected chi connectivity index (χ3v) is 7.13. The summed E-state index contributed by atoms with van der Waals surface area (Å²) in [7, 11) is 5.40. The van der Waals surface area contributed by atoms with Crippen LogP contribution in [0.15, 0.2) is 48.5 Å². The smallest absolute Gasteiger partial charge is 0.257 e. The molecule has 37 heavy (non-hydrogen) atoms. The minimum Gasteiger partial charge on any atom is -0.497 e. The molecule has 198 valence electrons. The maximum absolute atomic E-state index is 13.9. The summed E-state index contributed by atoms with van der Waals surface area (Å²) in [6.07, 6.45) is 0.785. The van der Waals surface area contributed by atoms with Crippen LogP contribution in [-0.2, 0) is 9.53 Å². The van der Waals surface area contributed by atoms with Crippen molar-refractivity contribution in [3.8, 4) is 5.75 Å². The van der Waals surface area contributed by atoms with E-state index in [1.807, 2.05) is 19.0 Å². The molecule has 0 aromatic heterocycles. The van der Waals surface area contributed by atoms with Crippen LogP contribution in [0.2, 0.25) is 5.02 Å². The van der Waals surface area contributed by atoms with Crippen LogP contribution in [0.4, 0.5) is 0 Å². The third kappa shape index (κ3) is 5.89. The van der Waals surface area contributed by atoms with Crippen LogP contribution in [0.5, 0.6) is 5.75 Å². The Kier molecular flexibility index (Phi) is 8.36. The molecule has 0 radical (unpaired) electrons. The first-order valence-corrected chi connectivity index (χ1v) is 12.7. The average molecular weight is 529 g/mol.